The van der Waals surface area contributed by atoms with Crippen molar-refractivity contribution in [1.82, 2.24) is 0 Å². The van der Waals surface area contributed by atoms with Gasteiger partial charge in [0.1, 0.15) is 5.75 Å². The zero-order valence-electron chi connectivity index (χ0n) is 10.6. The maximum atomic E-state index is 13.3. The van der Waals surface area contributed by atoms with Crippen molar-refractivity contribution in [3.05, 3.63) is 64.7 Å². The molecule has 19 heavy (non-hydrogen) atoms. The van der Waals surface area contributed by atoms with Gasteiger partial charge in [-0.3, -0.25) is 0 Å². The summed E-state index contributed by atoms with van der Waals surface area (Å²) in [5.41, 5.74) is 2.60. The van der Waals surface area contributed by atoms with E-state index in [0.29, 0.717) is 11.3 Å². The summed E-state index contributed by atoms with van der Waals surface area (Å²) in [5, 5.41) is 0. The number of hydrogen-bond acceptors (Lipinski definition) is 1. The summed E-state index contributed by atoms with van der Waals surface area (Å²) in [6, 6.07) is 9.63. The van der Waals surface area contributed by atoms with Crippen molar-refractivity contribution >= 4 is 15.9 Å². The van der Waals surface area contributed by atoms with Crippen LogP contribution >= 0.6 is 15.9 Å². The Hall–Kier alpha value is -1.42. The van der Waals surface area contributed by atoms with E-state index in [1.54, 1.807) is 13.2 Å². The Bertz CT molecular complexity index is 599. The van der Waals surface area contributed by atoms with Crippen molar-refractivity contribution in [3.8, 4) is 5.75 Å². The van der Waals surface area contributed by atoms with Crippen LogP contribution in [0.5, 0.6) is 5.75 Å². The Morgan fingerprint density at radius 2 is 1.79 bits per heavy atom. The van der Waals surface area contributed by atoms with E-state index < -0.39 is 11.6 Å². The molecule has 0 aliphatic rings. The molecule has 0 N–H and O–H groups in total. The van der Waals surface area contributed by atoms with Gasteiger partial charge in [0.05, 0.1) is 11.9 Å². The zero-order chi connectivity index (χ0) is 14.0. The van der Waals surface area contributed by atoms with Crippen LogP contribution in [0.1, 0.15) is 21.5 Å². The molecule has 0 aliphatic heterocycles. The van der Waals surface area contributed by atoms with E-state index in [9.17, 15) is 8.78 Å². The molecule has 0 aliphatic carbocycles. The second-order valence-corrected chi connectivity index (χ2v) is 5.20. The average Bonchev–Trinajstić information content (AvgIpc) is 2.41. The minimum absolute atomic E-state index is 0.252. The molecule has 1 nitrogen and oxygen atoms in total. The number of aryl methyl sites for hydroxylation is 1. The van der Waals surface area contributed by atoms with E-state index in [-0.39, 0.29) is 4.83 Å². The Balaban J connectivity index is 2.45. The normalized spacial score (nSPS) is 12.3. The van der Waals surface area contributed by atoms with E-state index in [0.717, 1.165) is 17.2 Å². The van der Waals surface area contributed by atoms with Crippen molar-refractivity contribution in [2.24, 2.45) is 0 Å². The van der Waals surface area contributed by atoms with Gasteiger partial charge in [0.15, 0.2) is 11.6 Å². The van der Waals surface area contributed by atoms with Crippen molar-refractivity contribution in [3.63, 3.8) is 0 Å². The first kappa shape index (κ1) is 14.0. The standard InChI is InChI=1S/C15H13BrF2O/c1-9-3-6-14(19-2)11(7-9)15(16)10-4-5-12(17)13(18)8-10/h3-8,15H,1-2H3. The van der Waals surface area contributed by atoms with Crippen molar-refractivity contribution < 1.29 is 13.5 Å². The molecule has 0 amide bonds. The Morgan fingerprint density at radius 1 is 1.05 bits per heavy atom. The fraction of sp³-hybridized carbons (Fsp3) is 0.200. The Labute approximate surface area is 119 Å². The SMILES string of the molecule is COc1ccc(C)cc1C(Br)c1ccc(F)c(F)c1. The van der Waals surface area contributed by atoms with Gasteiger partial charge in [0.25, 0.3) is 0 Å². The highest BCUT2D eigenvalue weighted by atomic mass is 79.9. The summed E-state index contributed by atoms with van der Waals surface area (Å²) in [6.45, 7) is 1.97. The molecule has 0 spiro atoms. The Morgan fingerprint density at radius 3 is 2.42 bits per heavy atom. The third kappa shape index (κ3) is 2.95. The molecule has 1 unspecified atom stereocenters. The Kier molecular flexibility index (Phi) is 4.20. The summed E-state index contributed by atoms with van der Waals surface area (Å²) in [4.78, 5) is -0.252. The van der Waals surface area contributed by atoms with Gasteiger partial charge < -0.3 is 4.74 Å². The number of hydrogen-bond donors (Lipinski definition) is 0. The minimum atomic E-state index is -0.853. The molecule has 0 fully saturated rings. The number of alkyl halides is 1. The van der Waals surface area contributed by atoms with Crippen LogP contribution in [0.25, 0.3) is 0 Å². The van der Waals surface area contributed by atoms with Crippen LogP contribution in [0.2, 0.25) is 0 Å². The maximum Gasteiger partial charge on any atom is 0.159 e. The fourth-order valence-electron chi connectivity index (χ4n) is 1.90. The molecule has 4 heteroatoms. The lowest BCUT2D eigenvalue weighted by Gasteiger charge is -2.15. The summed E-state index contributed by atoms with van der Waals surface area (Å²) in [5.74, 6) is -0.995. The monoisotopic (exact) mass is 326 g/mol. The lowest BCUT2D eigenvalue weighted by Crippen LogP contribution is -1.99. The largest absolute Gasteiger partial charge is 0.496 e. The molecule has 2 aromatic carbocycles. The third-order valence-corrected chi connectivity index (χ3v) is 3.92. The molecular weight excluding hydrogens is 314 g/mol. The van der Waals surface area contributed by atoms with Crippen molar-refractivity contribution in [2.45, 2.75) is 11.8 Å². The van der Waals surface area contributed by atoms with Gasteiger partial charge >= 0.3 is 0 Å². The van der Waals surface area contributed by atoms with Crippen LogP contribution in [0.3, 0.4) is 0 Å². The van der Waals surface area contributed by atoms with Gasteiger partial charge in [0, 0.05) is 5.56 Å². The first-order valence-electron chi connectivity index (χ1n) is 5.76. The highest BCUT2D eigenvalue weighted by molar-refractivity contribution is 9.09. The maximum absolute atomic E-state index is 13.3. The first-order valence-corrected chi connectivity index (χ1v) is 6.68. The molecule has 0 heterocycles. The van der Waals surface area contributed by atoms with E-state index in [2.05, 4.69) is 15.9 Å². The molecule has 2 rings (SSSR count). The zero-order valence-corrected chi connectivity index (χ0v) is 12.2. The third-order valence-electron chi connectivity index (χ3n) is 2.89. The van der Waals surface area contributed by atoms with Crippen molar-refractivity contribution in [1.29, 1.82) is 0 Å². The van der Waals surface area contributed by atoms with Crippen molar-refractivity contribution in [2.75, 3.05) is 7.11 Å². The number of ether oxygens (including phenoxy) is 1. The molecule has 0 bridgehead atoms. The van der Waals surface area contributed by atoms with Crippen LogP contribution in [-0.4, -0.2) is 7.11 Å². The molecule has 0 saturated carbocycles. The van der Waals surface area contributed by atoms with Gasteiger partial charge in [-0.1, -0.05) is 39.7 Å². The van der Waals surface area contributed by atoms with Gasteiger partial charge in [-0.05, 0) is 30.7 Å². The lowest BCUT2D eigenvalue weighted by atomic mass is 10.0. The molecule has 1 atom stereocenters. The van der Waals surface area contributed by atoms with E-state index in [4.69, 9.17) is 4.74 Å². The number of methoxy groups -OCH3 is 1. The van der Waals surface area contributed by atoms with E-state index in [1.165, 1.54) is 6.07 Å². The first-order chi connectivity index (χ1) is 9.02. The number of halogens is 3. The van der Waals surface area contributed by atoms with Crippen LogP contribution in [0, 0.1) is 18.6 Å². The highest BCUT2D eigenvalue weighted by Crippen LogP contribution is 2.37. The van der Waals surface area contributed by atoms with Crippen LogP contribution in [0.15, 0.2) is 36.4 Å². The summed E-state index contributed by atoms with van der Waals surface area (Å²) in [7, 11) is 1.58. The molecule has 2 aromatic rings. The lowest BCUT2D eigenvalue weighted by molar-refractivity contribution is 0.410. The molecule has 0 aromatic heterocycles. The van der Waals surface area contributed by atoms with E-state index in [1.807, 2.05) is 25.1 Å². The predicted octanol–water partition coefficient (Wildman–Crippen LogP) is 4.77. The van der Waals surface area contributed by atoms with Gasteiger partial charge in [-0.25, -0.2) is 8.78 Å². The minimum Gasteiger partial charge on any atom is -0.496 e. The predicted molar refractivity (Wildman–Crippen MR) is 74.9 cm³/mol. The number of benzene rings is 2. The quantitative estimate of drug-likeness (QED) is 0.738. The number of rotatable bonds is 3. The summed E-state index contributed by atoms with van der Waals surface area (Å²) in [6.07, 6.45) is 0. The summed E-state index contributed by atoms with van der Waals surface area (Å²) >= 11 is 3.51. The smallest absolute Gasteiger partial charge is 0.159 e. The fourth-order valence-corrected chi connectivity index (χ4v) is 2.54. The van der Waals surface area contributed by atoms with Gasteiger partial charge in [-0.2, -0.15) is 0 Å². The highest BCUT2D eigenvalue weighted by Gasteiger charge is 2.17. The molecule has 0 radical (unpaired) electrons. The molecule has 100 valence electrons. The van der Waals surface area contributed by atoms with Gasteiger partial charge in [-0.15, -0.1) is 0 Å². The van der Waals surface area contributed by atoms with Gasteiger partial charge in [0.2, 0.25) is 0 Å². The second-order valence-electron chi connectivity index (χ2n) is 4.28. The topological polar surface area (TPSA) is 9.23 Å². The van der Waals surface area contributed by atoms with Crippen LogP contribution in [-0.2, 0) is 0 Å². The molecular formula is C15H13BrF2O. The van der Waals surface area contributed by atoms with Crippen LogP contribution in [0.4, 0.5) is 8.78 Å². The second kappa shape index (κ2) is 5.70. The van der Waals surface area contributed by atoms with Crippen LogP contribution < -0.4 is 4.74 Å². The summed E-state index contributed by atoms with van der Waals surface area (Å²) < 4.78 is 31.5. The average molecular weight is 327 g/mol. The molecule has 0 saturated heterocycles. The van der Waals surface area contributed by atoms with E-state index >= 15 is 0 Å².